The molecule has 0 aliphatic carbocycles. The lowest BCUT2D eigenvalue weighted by Gasteiger charge is -2.11. The van der Waals surface area contributed by atoms with Gasteiger partial charge in [-0.25, -0.2) is 0 Å². The van der Waals surface area contributed by atoms with Crippen LogP contribution >= 0.6 is 31.9 Å². The molecule has 0 aromatic heterocycles. The van der Waals surface area contributed by atoms with Crippen molar-refractivity contribution in [2.75, 3.05) is 13.7 Å². The van der Waals surface area contributed by atoms with E-state index in [1.807, 2.05) is 48.5 Å². The molecular formula is C24H20Br2O3. The van der Waals surface area contributed by atoms with E-state index in [1.54, 1.807) is 0 Å². The van der Waals surface area contributed by atoms with Crippen LogP contribution in [0.25, 0.3) is 5.57 Å². The quantitative estimate of drug-likeness (QED) is 0.340. The van der Waals surface area contributed by atoms with Gasteiger partial charge in [-0.05, 0) is 64.7 Å². The van der Waals surface area contributed by atoms with Crippen LogP contribution < -0.4 is 4.74 Å². The van der Waals surface area contributed by atoms with E-state index in [9.17, 15) is 4.79 Å². The van der Waals surface area contributed by atoms with Crippen LogP contribution in [0.1, 0.15) is 16.7 Å². The van der Waals surface area contributed by atoms with E-state index in [1.165, 1.54) is 7.11 Å². The molecule has 0 bridgehead atoms. The molecule has 0 spiro atoms. The minimum absolute atomic E-state index is 0.254. The summed E-state index contributed by atoms with van der Waals surface area (Å²) in [7, 11) is 1.39. The summed E-state index contributed by atoms with van der Waals surface area (Å²) in [6, 6.07) is 23.9. The first-order valence-electron chi connectivity index (χ1n) is 9.06. The van der Waals surface area contributed by atoms with Crippen LogP contribution in [0.4, 0.5) is 0 Å². The highest BCUT2D eigenvalue weighted by Gasteiger charge is 2.06. The lowest BCUT2D eigenvalue weighted by Crippen LogP contribution is -2.04. The Morgan fingerprint density at radius 2 is 1.34 bits per heavy atom. The second-order valence-corrected chi connectivity index (χ2v) is 8.17. The van der Waals surface area contributed by atoms with Crippen molar-refractivity contribution in [3.63, 3.8) is 0 Å². The van der Waals surface area contributed by atoms with Crippen molar-refractivity contribution in [3.05, 3.63) is 105 Å². The first kappa shape index (κ1) is 21.3. The van der Waals surface area contributed by atoms with E-state index >= 15 is 0 Å². The van der Waals surface area contributed by atoms with Crippen LogP contribution in [0.15, 0.2) is 87.8 Å². The maximum atomic E-state index is 11.4. The van der Waals surface area contributed by atoms with Crippen LogP contribution in [-0.2, 0) is 16.0 Å². The Morgan fingerprint density at radius 3 is 1.83 bits per heavy atom. The van der Waals surface area contributed by atoms with Crippen LogP contribution in [0.3, 0.4) is 0 Å². The number of halogens is 2. The zero-order chi connectivity index (χ0) is 20.6. The molecule has 3 aromatic carbocycles. The summed E-state index contributed by atoms with van der Waals surface area (Å²) >= 11 is 6.98. The molecule has 29 heavy (non-hydrogen) atoms. The summed E-state index contributed by atoms with van der Waals surface area (Å²) in [5.74, 6) is 0.496. The van der Waals surface area contributed by atoms with E-state index in [-0.39, 0.29) is 12.4 Å². The molecule has 0 aliphatic rings. The highest BCUT2D eigenvalue weighted by atomic mass is 79.9. The van der Waals surface area contributed by atoms with Crippen LogP contribution in [0.2, 0.25) is 0 Å². The molecule has 0 saturated heterocycles. The Labute approximate surface area is 187 Å². The Bertz CT molecular complexity index is 929. The summed E-state index contributed by atoms with van der Waals surface area (Å²) in [5, 5.41) is 0. The number of carbonyl (C=O) groups excluding carboxylic acids is 1. The fraction of sp³-hybridized carbons (Fsp3) is 0.125. The van der Waals surface area contributed by atoms with E-state index in [4.69, 9.17) is 9.47 Å². The van der Waals surface area contributed by atoms with Gasteiger partial charge in [0.2, 0.25) is 0 Å². The maximum Gasteiger partial charge on any atom is 0.309 e. The summed E-state index contributed by atoms with van der Waals surface area (Å²) in [6.45, 7) is 0.428. The Morgan fingerprint density at radius 1 is 0.828 bits per heavy atom. The van der Waals surface area contributed by atoms with Gasteiger partial charge in [-0.3, -0.25) is 4.79 Å². The van der Waals surface area contributed by atoms with Crippen LogP contribution in [-0.4, -0.2) is 19.7 Å². The lowest BCUT2D eigenvalue weighted by molar-refractivity contribution is -0.139. The van der Waals surface area contributed by atoms with Gasteiger partial charge in [0.05, 0.1) is 13.5 Å². The number of rotatable bonds is 7. The molecule has 0 fully saturated rings. The predicted molar refractivity (Wildman–Crippen MR) is 123 cm³/mol. The number of methoxy groups -OCH3 is 1. The number of ether oxygens (including phenoxy) is 2. The molecule has 0 amide bonds. The molecule has 3 aromatic rings. The number of hydrogen-bond acceptors (Lipinski definition) is 3. The average Bonchev–Trinajstić information content (AvgIpc) is 2.74. The Hall–Kier alpha value is -2.37. The third kappa shape index (κ3) is 6.31. The summed E-state index contributed by atoms with van der Waals surface area (Å²) in [4.78, 5) is 11.4. The highest BCUT2D eigenvalue weighted by Crippen LogP contribution is 2.26. The van der Waals surface area contributed by atoms with Crippen molar-refractivity contribution >= 4 is 43.4 Å². The summed E-state index contributed by atoms with van der Waals surface area (Å²) in [6.07, 6.45) is 2.34. The van der Waals surface area contributed by atoms with Gasteiger partial charge in [0.25, 0.3) is 0 Å². The Kier molecular flexibility index (Phi) is 7.67. The molecule has 0 aliphatic heterocycles. The van der Waals surface area contributed by atoms with E-state index in [0.29, 0.717) is 6.61 Å². The maximum absolute atomic E-state index is 11.4. The van der Waals surface area contributed by atoms with Crippen molar-refractivity contribution in [1.29, 1.82) is 0 Å². The zero-order valence-electron chi connectivity index (χ0n) is 15.9. The van der Waals surface area contributed by atoms with Crippen molar-refractivity contribution in [3.8, 4) is 5.75 Å². The number of hydrogen-bond donors (Lipinski definition) is 0. The second-order valence-electron chi connectivity index (χ2n) is 6.34. The number of esters is 1. The molecule has 0 heterocycles. The highest BCUT2D eigenvalue weighted by molar-refractivity contribution is 9.10. The summed E-state index contributed by atoms with van der Waals surface area (Å²) in [5.41, 5.74) is 4.23. The van der Waals surface area contributed by atoms with E-state index in [0.717, 1.165) is 37.0 Å². The van der Waals surface area contributed by atoms with E-state index in [2.05, 4.69) is 62.2 Å². The van der Waals surface area contributed by atoms with Crippen LogP contribution in [0, 0.1) is 0 Å². The minimum Gasteiger partial charge on any atom is -0.490 e. The predicted octanol–water partition coefficient (Wildman–Crippen LogP) is 6.44. The molecule has 0 radical (unpaired) electrons. The smallest absolute Gasteiger partial charge is 0.309 e. The van der Waals surface area contributed by atoms with Gasteiger partial charge in [0.1, 0.15) is 12.4 Å². The first-order chi connectivity index (χ1) is 14.0. The van der Waals surface area contributed by atoms with Crippen molar-refractivity contribution in [2.45, 2.75) is 6.42 Å². The Balaban J connectivity index is 1.75. The normalized spacial score (nSPS) is 10.3. The number of benzene rings is 3. The molecule has 148 valence electrons. The molecule has 0 N–H and O–H groups in total. The third-order valence-electron chi connectivity index (χ3n) is 4.35. The first-order valence-corrected chi connectivity index (χ1v) is 10.6. The van der Waals surface area contributed by atoms with Gasteiger partial charge >= 0.3 is 5.97 Å². The second kappa shape index (κ2) is 10.4. The largest absolute Gasteiger partial charge is 0.490 e. The zero-order valence-corrected chi connectivity index (χ0v) is 19.1. The van der Waals surface area contributed by atoms with Gasteiger partial charge in [0, 0.05) is 8.95 Å². The van der Waals surface area contributed by atoms with Gasteiger partial charge in [-0.1, -0.05) is 68.3 Å². The molecule has 5 heteroatoms. The van der Waals surface area contributed by atoms with Gasteiger partial charge in [-0.15, -0.1) is 0 Å². The molecule has 3 rings (SSSR count). The van der Waals surface area contributed by atoms with Crippen molar-refractivity contribution < 1.29 is 14.3 Å². The molecule has 0 unspecified atom stereocenters. The standard InChI is InChI=1S/C24H20Br2O3/c1-28-24(27)16-17-2-12-22(13-3-17)29-15-14-23(18-4-8-20(25)9-5-18)19-6-10-21(26)11-7-19/h2-14H,15-16H2,1H3. The van der Waals surface area contributed by atoms with Gasteiger partial charge < -0.3 is 9.47 Å². The van der Waals surface area contributed by atoms with Crippen molar-refractivity contribution in [2.24, 2.45) is 0 Å². The lowest BCUT2D eigenvalue weighted by atomic mass is 9.98. The summed E-state index contributed by atoms with van der Waals surface area (Å²) < 4.78 is 12.7. The molecular weight excluding hydrogens is 496 g/mol. The SMILES string of the molecule is COC(=O)Cc1ccc(OCC=C(c2ccc(Br)cc2)c2ccc(Br)cc2)cc1. The molecule has 0 saturated carbocycles. The molecule has 3 nitrogen and oxygen atoms in total. The van der Waals surface area contributed by atoms with Crippen LogP contribution in [0.5, 0.6) is 5.75 Å². The fourth-order valence-corrected chi connectivity index (χ4v) is 3.35. The topological polar surface area (TPSA) is 35.5 Å². The third-order valence-corrected chi connectivity index (χ3v) is 5.40. The van der Waals surface area contributed by atoms with Crippen molar-refractivity contribution in [1.82, 2.24) is 0 Å². The van der Waals surface area contributed by atoms with E-state index < -0.39 is 0 Å². The molecule has 0 atom stereocenters. The number of carbonyl (C=O) groups is 1. The monoisotopic (exact) mass is 514 g/mol. The van der Waals surface area contributed by atoms with Gasteiger partial charge in [-0.2, -0.15) is 0 Å². The van der Waals surface area contributed by atoms with Gasteiger partial charge in [0.15, 0.2) is 0 Å². The average molecular weight is 516 g/mol. The minimum atomic E-state index is -0.254. The fourth-order valence-electron chi connectivity index (χ4n) is 2.82.